The molecule has 1 aliphatic rings. The first kappa shape index (κ1) is 35.6. The molecule has 10 nitrogen and oxygen atoms in total. The van der Waals surface area contributed by atoms with Gasteiger partial charge in [0.2, 0.25) is 15.6 Å². The second-order valence-corrected chi connectivity index (χ2v) is 13.7. The SMILES string of the molecule is CC(C)C(NC(=O)C/C=C/c1ccc2ccc([C@@H](C)O)cc2c1)C(=O)N[C@@H](C)C(=O)N1CCC[C@@H](C(=O)OCC(Cl)(Cl)Cl)N1. The molecule has 0 radical (unpaired) electrons. The fraction of sp³-hybridized carbons (Fsp3) is 0.484. The minimum Gasteiger partial charge on any atom is -0.460 e. The van der Waals surface area contributed by atoms with Crippen molar-refractivity contribution < 1.29 is 29.0 Å². The molecule has 3 amide bonds. The number of alkyl halides is 3. The molecule has 13 heteroatoms. The Kier molecular flexibility index (Phi) is 12.9. The lowest BCUT2D eigenvalue weighted by molar-refractivity contribution is -0.152. The number of benzene rings is 2. The standard InChI is InChI=1S/C31H39Cl3N4O6/c1-18(2)27(36-26(40)9-5-7-21-10-11-22-12-13-23(20(4)39)16-24(22)15-21)28(41)35-19(3)29(42)38-14-6-8-25(37-38)30(43)44-17-31(32,33)34/h5,7,10-13,15-16,18-20,25,27,37,39H,6,8-9,14,17H2,1-4H3,(H,35,41)(H,36,40)/b7-5+/t19-,20+,25-,27?/m0/s1. The van der Waals surface area contributed by atoms with Crippen LogP contribution in [0.5, 0.6) is 0 Å². The van der Waals surface area contributed by atoms with Crippen LogP contribution in [-0.4, -0.2) is 68.9 Å². The maximum Gasteiger partial charge on any atom is 0.325 e. The lowest BCUT2D eigenvalue weighted by Crippen LogP contribution is -2.61. The summed E-state index contributed by atoms with van der Waals surface area (Å²) >= 11 is 16.9. The molecule has 2 aromatic rings. The number of aliphatic hydroxyl groups excluding tert-OH is 1. The van der Waals surface area contributed by atoms with Crippen LogP contribution in [0.15, 0.2) is 42.5 Å². The van der Waals surface area contributed by atoms with Crippen LogP contribution >= 0.6 is 34.8 Å². The molecule has 1 fully saturated rings. The maximum atomic E-state index is 13.1. The normalized spacial score (nSPS) is 17.8. The zero-order valence-electron chi connectivity index (χ0n) is 25.1. The summed E-state index contributed by atoms with van der Waals surface area (Å²) < 4.78 is 3.27. The fourth-order valence-corrected chi connectivity index (χ4v) is 4.85. The van der Waals surface area contributed by atoms with Gasteiger partial charge in [-0.3, -0.25) is 24.2 Å². The van der Waals surface area contributed by atoms with Crippen LogP contribution < -0.4 is 16.1 Å². The van der Waals surface area contributed by atoms with Gasteiger partial charge in [-0.1, -0.05) is 85.1 Å². The Bertz CT molecular complexity index is 1380. The molecule has 44 heavy (non-hydrogen) atoms. The summed E-state index contributed by atoms with van der Waals surface area (Å²) in [4.78, 5) is 51.3. The number of fused-ring (bicyclic) bond motifs is 1. The zero-order chi connectivity index (χ0) is 32.6. The Hall–Kier alpha value is -2.89. The van der Waals surface area contributed by atoms with E-state index in [9.17, 15) is 24.3 Å². The van der Waals surface area contributed by atoms with Crippen molar-refractivity contribution >= 4 is 75.3 Å². The summed E-state index contributed by atoms with van der Waals surface area (Å²) in [6.07, 6.45) is 3.96. The lowest BCUT2D eigenvalue weighted by atomic mass is 10.0. The van der Waals surface area contributed by atoms with Crippen molar-refractivity contribution in [3.05, 3.63) is 53.6 Å². The van der Waals surface area contributed by atoms with Crippen LogP contribution in [-0.2, 0) is 23.9 Å². The summed E-state index contributed by atoms with van der Waals surface area (Å²) in [5, 5.41) is 18.6. The highest BCUT2D eigenvalue weighted by Crippen LogP contribution is 2.26. The third-order valence-corrected chi connectivity index (χ3v) is 7.42. The molecule has 0 bridgehead atoms. The molecular weight excluding hydrogens is 631 g/mol. The summed E-state index contributed by atoms with van der Waals surface area (Å²) in [7, 11) is 0. The lowest BCUT2D eigenvalue weighted by Gasteiger charge is -2.34. The smallest absolute Gasteiger partial charge is 0.325 e. The van der Waals surface area contributed by atoms with Gasteiger partial charge in [0.25, 0.3) is 5.91 Å². The summed E-state index contributed by atoms with van der Waals surface area (Å²) in [6.45, 7) is 6.73. The van der Waals surface area contributed by atoms with E-state index < -0.39 is 52.4 Å². The molecular formula is C31H39Cl3N4O6. The third kappa shape index (κ3) is 10.6. The van der Waals surface area contributed by atoms with E-state index in [4.69, 9.17) is 39.5 Å². The van der Waals surface area contributed by atoms with Gasteiger partial charge in [-0.2, -0.15) is 0 Å². The summed E-state index contributed by atoms with van der Waals surface area (Å²) in [5.41, 5.74) is 4.54. The molecule has 0 saturated carbocycles. The Morgan fingerprint density at radius 2 is 1.77 bits per heavy atom. The highest BCUT2D eigenvalue weighted by atomic mass is 35.6. The Labute approximate surface area is 272 Å². The van der Waals surface area contributed by atoms with Crippen LogP contribution in [0.2, 0.25) is 0 Å². The number of amides is 3. The van der Waals surface area contributed by atoms with E-state index >= 15 is 0 Å². The van der Waals surface area contributed by atoms with Crippen LogP contribution in [0.4, 0.5) is 0 Å². The molecule has 1 saturated heterocycles. The molecule has 3 rings (SSSR count). The van der Waals surface area contributed by atoms with Gasteiger partial charge < -0.3 is 20.5 Å². The van der Waals surface area contributed by atoms with E-state index in [1.165, 1.54) is 11.9 Å². The first-order valence-electron chi connectivity index (χ1n) is 14.4. The van der Waals surface area contributed by atoms with Crippen molar-refractivity contribution in [3.8, 4) is 0 Å². The molecule has 4 N–H and O–H groups in total. The van der Waals surface area contributed by atoms with E-state index in [0.29, 0.717) is 19.4 Å². The molecule has 240 valence electrons. The van der Waals surface area contributed by atoms with E-state index in [2.05, 4.69) is 16.1 Å². The number of nitrogens with zero attached hydrogens (tertiary/aromatic N) is 1. The van der Waals surface area contributed by atoms with Gasteiger partial charge in [0.05, 0.1) is 6.10 Å². The van der Waals surface area contributed by atoms with Crippen molar-refractivity contribution in [3.63, 3.8) is 0 Å². The average Bonchev–Trinajstić information content (AvgIpc) is 2.97. The maximum absolute atomic E-state index is 13.1. The van der Waals surface area contributed by atoms with Gasteiger partial charge in [0.1, 0.15) is 24.7 Å². The molecule has 2 aromatic carbocycles. The predicted octanol–water partition coefficient (Wildman–Crippen LogP) is 4.35. The first-order valence-corrected chi connectivity index (χ1v) is 15.6. The summed E-state index contributed by atoms with van der Waals surface area (Å²) in [6, 6.07) is 9.05. The minimum absolute atomic E-state index is 0.0458. The van der Waals surface area contributed by atoms with Crippen molar-refractivity contribution in [2.45, 2.75) is 75.0 Å². The number of rotatable bonds is 11. The second kappa shape index (κ2) is 15.9. The largest absolute Gasteiger partial charge is 0.460 e. The fourth-order valence-electron chi connectivity index (χ4n) is 4.68. The van der Waals surface area contributed by atoms with Crippen LogP contribution in [0.3, 0.4) is 0 Å². The molecule has 0 spiro atoms. The third-order valence-electron chi connectivity index (χ3n) is 7.09. The van der Waals surface area contributed by atoms with E-state index in [1.807, 2.05) is 42.5 Å². The highest BCUT2D eigenvalue weighted by molar-refractivity contribution is 6.67. The minimum atomic E-state index is -1.75. The number of nitrogens with one attached hydrogen (secondary N) is 3. The Morgan fingerprint density at radius 3 is 2.43 bits per heavy atom. The van der Waals surface area contributed by atoms with Crippen molar-refractivity contribution in [2.24, 2.45) is 5.92 Å². The van der Waals surface area contributed by atoms with Gasteiger partial charge >= 0.3 is 5.97 Å². The van der Waals surface area contributed by atoms with Crippen molar-refractivity contribution in [1.82, 2.24) is 21.1 Å². The number of carbonyl (C=O) groups is 4. The number of hydrogen-bond acceptors (Lipinski definition) is 7. The van der Waals surface area contributed by atoms with Crippen molar-refractivity contribution in [1.29, 1.82) is 0 Å². The molecule has 1 heterocycles. The second-order valence-electron chi connectivity index (χ2n) is 11.2. The number of ether oxygens (including phenoxy) is 1. The highest BCUT2D eigenvalue weighted by Gasteiger charge is 2.34. The van der Waals surface area contributed by atoms with Gasteiger partial charge in [0.15, 0.2) is 0 Å². The zero-order valence-corrected chi connectivity index (χ0v) is 27.4. The number of aliphatic hydroxyl groups is 1. The molecule has 1 aliphatic heterocycles. The van der Waals surface area contributed by atoms with Gasteiger partial charge in [-0.05, 0) is 66.6 Å². The summed E-state index contributed by atoms with van der Waals surface area (Å²) in [5.74, 6) is -2.21. The van der Waals surface area contributed by atoms with Crippen LogP contribution in [0, 0.1) is 5.92 Å². The van der Waals surface area contributed by atoms with Crippen LogP contribution in [0.25, 0.3) is 16.8 Å². The number of hydrazine groups is 1. The molecule has 0 aliphatic carbocycles. The van der Waals surface area contributed by atoms with E-state index in [1.54, 1.807) is 26.8 Å². The van der Waals surface area contributed by atoms with Crippen LogP contribution in [0.1, 0.15) is 64.2 Å². The van der Waals surface area contributed by atoms with Gasteiger partial charge in [0, 0.05) is 13.0 Å². The predicted molar refractivity (Wildman–Crippen MR) is 172 cm³/mol. The van der Waals surface area contributed by atoms with Crippen molar-refractivity contribution in [2.75, 3.05) is 13.2 Å². The Morgan fingerprint density at radius 1 is 1.07 bits per heavy atom. The number of hydrogen-bond donors (Lipinski definition) is 4. The number of carbonyl (C=O) groups excluding carboxylic acids is 4. The van der Waals surface area contributed by atoms with Gasteiger partial charge in [-0.15, -0.1) is 0 Å². The quantitative estimate of drug-likeness (QED) is 0.206. The first-order chi connectivity index (χ1) is 20.6. The monoisotopic (exact) mass is 668 g/mol. The number of esters is 1. The average molecular weight is 670 g/mol. The Balaban J connectivity index is 1.53. The molecule has 4 atom stereocenters. The topological polar surface area (TPSA) is 137 Å². The number of halogens is 3. The molecule has 0 aromatic heterocycles. The van der Waals surface area contributed by atoms with E-state index in [-0.39, 0.29) is 18.2 Å². The molecule has 1 unspecified atom stereocenters. The van der Waals surface area contributed by atoms with Gasteiger partial charge in [-0.25, -0.2) is 5.43 Å². The van der Waals surface area contributed by atoms with E-state index in [0.717, 1.165) is 21.9 Å².